The van der Waals surface area contributed by atoms with Gasteiger partial charge in [0, 0.05) is 18.0 Å². The number of aromatic nitrogens is 3. The van der Waals surface area contributed by atoms with E-state index in [2.05, 4.69) is 31.1 Å². The maximum atomic E-state index is 6.17. The molecule has 5 nitrogen and oxygen atoms in total. The van der Waals surface area contributed by atoms with Crippen LogP contribution in [0.4, 0.5) is 0 Å². The van der Waals surface area contributed by atoms with Gasteiger partial charge in [-0.05, 0) is 12.1 Å². The van der Waals surface area contributed by atoms with Crippen LogP contribution in [0.2, 0.25) is 0 Å². The van der Waals surface area contributed by atoms with E-state index in [4.69, 9.17) is 9.47 Å². The molecule has 20 heavy (non-hydrogen) atoms. The van der Waals surface area contributed by atoms with Crippen LogP contribution in [-0.2, 0) is 6.54 Å². The molecule has 0 bridgehead atoms. The van der Waals surface area contributed by atoms with Gasteiger partial charge in [0.05, 0.1) is 12.7 Å². The smallest absolute Gasteiger partial charge is 0.258 e. The van der Waals surface area contributed by atoms with Crippen LogP contribution in [0.1, 0.15) is 27.2 Å². The van der Waals surface area contributed by atoms with E-state index in [1.54, 1.807) is 10.9 Å². The van der Waals surface area contributed by atoms with Crippen molar-refractivity contribution in [2.45, 2.75) is 39.5 Å². The average molecular weight is 273 g/mol. The van der Waals surface area contributed by atoms with E-state index in [1.807, 2.05) is 30.5 Å². The van der Waals surface area contributed by atoms with Crippen LogP contribution in [0, 0.1) is 5.41 Å². The lowest BCUT2D eigenvalue weighted by atomic mass is 9.83. The van der Waals surface area contributed by atoms with E-state index in [9.17, 15) is 0 Å². The van der Waals surface area contributed by atoms with Gasteiger partial charge in [-0.2, -0.15) is 0 Å². The van der Waals surface area contributed by atoms with E-state index < -0.39 is 5.79 Å². The summed E-state index contributed by atoms with van der Waals surface area (Å²) in [5.41, 5.74) is -0.160. The fourth-order valence-corrected chi connectivity index (χ4v) is 2.39. The summed E-state index contributed by atoms with van der Waals surface area (Å²) in [6.45, 7) is 7.08. The van der Waals surface area contributed by atoms with Crippen molar-refractivity contribution in [2.24, 2.45) is 5.41 Å². The van der Waals surface area contributed by atoms with Crippen molar-refractivity contribution in [1.29, 1.82) is 0 Å². The lowest BCUT2D eigenvalue weighted by Crippen LogP contribution is -2.51. The Morgan fingerprint density at radius 3 is 2.30 bits per heavy atom. The third-order valence-electron chi connectivity index (χ3n) is 3.68. The van der Waals surface area contributed by atoms with Gasteiger partial charge in [-0.1, -0.05) is 38.1 Å². The molecule has 1 aliphatic rings. The van der Waals surface area contributed by atoms with Gasteiger partial charge in [0.1, 0.15) is 0 Å². The molecular formula is C15H19N3O2. The molecule has 0 N–H and O–H groups in total. The van der Waals surface area contributed by atoms with Gasteiger partial charge in [0.15, 0.2) is 11.5 Å². The second-order valence-electron chi connectivity index (χ2n) is 6.07. The summed E-state index contributed by atoms with van der Waals surface area (Å²) < 4.78 is 14.1. The molecule has 0 aliphatic carbocycles. The summed E-state index contributed by atoms with van der Waals surface area (Å²) in [7, 11) is 0. The topological polar surface area (TPSA) is 49.2 Å². The van der Waals surface area contributed by atoms with Gasteiger partial charge in [-0.3, -0.25) is 4.68 Å². The second-order valence-corrected chi connectivity index (χ2v) is 6.07. The van der Waals surface area contributed by atoms with Crippen molar-refractivity contribution >= 4 is 0 Å². The van der Waals surface area contributed by atoms with E-state index in [0.29, 0.717) is 13.0 Å². The summed E-state index contributed by atoms with van der Waals surface area (Å²) in [5, 5.41) is 7.82. The third kappa shape index (κ3) is 2.13. The Morgan fingerprint density at radius 1 is 1.15 bits per heavy atom. The van der Waals surface area contributed by atoms with Crippen LogP contribution in [0.25, 0.3) is 0 Å². The van der Waals surface area contributed by atoms with Crippen molar-refractivity contribution in [2.75, 3.05) is 0 Å². The number of nitrogens with zero attached hydrogens (tertiary/aromatic N) is 3. The maximum absolute atomic E-state index is 6.17. The minimum absolute atomic E-state index is 0.160. The highest BCUT2D eigenvalue weighted by atomic mass is 16.7. The monoisotopic (exact) mass is 273 g/mol. The average Bonchev–Trinajstić information content (AvgIpc) is 3.03. The number of ether oxygens (including phenoxy) is 2. The van der Waals surface area contributed by atoms with Crippen molar-refractivity contribution in [1.82, 2.24) is 15.0 Å². The molecule has 1 aromatic heterocycles. The van der Waals surface area contributed by atoms with Gasteiger partial charge in [0.2, 0.25) is 0 Å². The Morgan fingerprint density at radius 2 is 1.80 bits per heavy atom. The zero-order chi connectivity index (χ0) is 14.2. The summed E-state index contributed by atoms with van der Waals surface area (Å²) in [6, 6.07) is 7.80. The molecule has 0 radical (unpaired) electrons. The van der Waals surface area contributed by atoms with E-state index in [0.717, 1.165) is 11.5 Å². The first-order valence-corrected chi connectivity index (χ1v) is 6.81. The zero-order valence-corrected chi connectivity index (χ0v) is 12.0. The molecular weight excluding hydrogens is 254 g/mol. The molecule has 3 rings (SSSR count). The number of fused-ring (bicyclic) bond motifs is 1. The molecule has 1 aliphatic heterocycles. The normalized spacial score (nSPS) is 16.4. The van der Waals surface area contributed by atoms with Crippen LogP contribution in [0.15, 0.2) is 36.7 Å². The van der Waals surface area contributed by atoms with Crippen LogP contribution in [0.5, 0.6) is 11.5 Å². The first-order valence-electron chi connectivity index (χ1n) is 6.81. The quantitative estimate of drug-likeness (QED) is 0.862. The van der Waals surface area contributed by atoms with Gasteiger partial charge >= 0.3 is 0 Å². The highest BCUT2D eigenvalue weighted by molar-refractivity contribution is 5.43. The van der Waals surface area contributed by atoms with Crippen LogP contribution >= 0.6 is 0 Å². The SMILES string of the molecule is CC(C)(C)C1(CCn2ccnn2)Oc2ccccc2O1. The Hall–Kier alpha value is -2.04. The van der Waals surface area contributed by atoms with Gasteiger partial charge < -0.3 is 9.47 Å². The third-order valence-corrected chi connectivity index (χ3v) is 3.68. The Kier molecular flexibility index (Phi) is 2.92. The molecule has 0 atom stereocenters. The molecule has 0 amide bonds. The zero-order valence-electron chi connectivity index (χ0n) is 12.0. The summed E-state index contributed by atoms with van der Waals surface area (Å²) in [6.07, 6.45) is 4.22. The lowest BCUT2D eigenvalue weighted by Gasteiger charge is -2.39. The molecule has 1 aromatic carbocycles. The molecule has 2 heterocycles. The first kappa shape index (κ1) is 13.0. The summed E-state index contributed by atoms with van der Waals surface area (Å²) in [5.74, 6) is 0.935. The minimum Gasteiger partial charge on any atom is -0.448 e. The Balaban J connectivity index is 1.85. The molecule has 5 heteroatoms. The highest BCUT2D eigenvalue weighted by Crippen LogP contribution is 2.48. The van der Waals surface area contributed by atoms with Crippen LogP contribution in [0.3, 0.4) is 0 Å². The molecule has 0 fully saturated rings. The largest absolute Gasteiger partial charge is 0.448 e. The fraction of sp³-hybridized carbons (Fsp3) is 0.467. The predicted octanol–water partition coefficient (Wildman–Crippen LogP) is 2.88. The summed E-state index contributed by atoms with van der Waals surface area (Å²) >= 11 is 0. The maximum Gasteiger partial charge on any atom is 0.258 e. The van der Waals surface area contributed by atoms with Crippen molar-refractivity contribution in [3.8, 4) is 11.5 Å². The summed E-state index contributed by atoms with van der Waals surface area (Å²) in [4.78, 5) is 0. The number of para-hydroxylation sites is 2. The van der Waals surface area contributed by atoms with E-state index in [-0.39, 0.29) is 5.41 Å². The molecule has 0 spiro atoms. The standard InChI is InChI=1S/C15H19N3O2/c1-14(2,3)15(8-10-18-11-9-16-17-18)19-12-6-4-5-7-13(12)20-15/h4-7,9,11H,8,10H2,1-3H3. The Bertz CT molecular complexity index is 562. The molecule has 0 unspecified atom stereocenters. The molecule has 0 saturated carbocycles. The number of benzene rings is 1. The van der Waals surface area contributed by atoms with Crippen molar-refractivity contribution in [3.05, 3.63) is 36.7 Å². The van der Waals surface area contributed by atoms with Gasteiger partial charge in [-0.15, -0.1) is 5.10 Å². The van der Waals surface area contributed by atoms with E-state index in [1.165, 1.54) is 0 Å². The number of hydrogen-bond donors (Lipinski definition) is 0. The highest BCUT2D eigenvalue weighted by Gasteiger charge is 2.51. The fourth-order valence-electron chi connectivity index (χ4n) is 2.39. The molecule has 2 aromatic rings. The molecule has 106 valence electrons. The lowest BCUT2D eigenvalue weighted by molar-refractivity contribution is -0.165. The van der Waals surface area contributed by atoms with E-state index >= 15 is 0 Å². The number of rotatable bonds is 3. The second kappa shape index (κ2) is 4.51. The number of hydrogen-bond acceptors (Lipinski definition) is 4. The predicted molar refractivity (Wildman–Crippen MR) is 74.5 cm³/mol. The van der Waals surface area contributed by atoms with Gasteiger partial charge in [-0.25, -0.2) is 0 Å². The van der Waals surface area contributed by atoms with Crippen molar-refractivity contribution in [3.63, 3.8) is 0 Å². The Labute approximate surface area is 118 Å². The van der Waals surface area contributed by atoms with Crippen LogP contribution in [-0.4, -0.2) is 20.8 Å². The van der Waals surface area contributed by atoms with Gasteiger partial charge in [0.25, 0.3) is 5.79 Å². The minimum atomic E-state index is -0.678. The van der Waals surface area contributed by atoms with Crippen LogP contribution < -0.4 is 9.47 Å². The van der Waals surface area contributed by atoms with Crippen molar-refractivity contribution < 1.29 is 9.47 Å². The first-order chi connectivity index (χ1) is 9.50. The molecule has 0 saturated heterocycles. The number of aryl methyl sites for hydroxylation is 1.